The van der Waals surface area contributed by atoms with Gasteiger partial charge in [-0.15, -0.1) is 11.3 Å². The molecule has 1 aromatic carbocycles. The highest BCUT2D eigenvalue weighted by Gasteiger charge is 2.33. The van der Waals surface area contributed by atoms with Crippen molar-refractivity contribution in [3.8, 4) is 0 Å². The minimum atomic E-state index is -4.39. The molecule has 0 aliphatic carbocycles. The summed E-state index contributed by atoms with van der Waals surface area (Å²) in [6.45, 7) is 1.99. The first-order chi connectivity index (χ1) is 12.4. The fourth-order valence-electron chi connectivity index (χ4n) is 3.21. The van der Waals surface area contributed by atoms with E-state index in [2.05, 4.69) is 10.00 Å². The van der Waals surface area contributed by atoms with Gasteiger partial charge < -0.3 is 0 Å². The molecule has 0 unspecified atom stereocenters. The smallest absolute Gasteiger partial charge is 0.284 e. The van der Waals surface area contributed by atoms with E-state index in [0.717, 1.165) is 47.2 Å². The number of hydrogen-bond acceptors (Lipinski definition) is 4. The largest absolute Gasteiger partial charge is 0.435 e. The van der Waals surface area contributed by atoms with E-state index in [1.54, 1.807) is 11.3 Å². The predicted molar refractivity (Wildman–Crippen MR) is 95.4 cm³/mol. The standard InChI is InChI=1S/C17H16ClF3N4S/c18-12-1-2-14-13(9-12)22-16(26-14)11-3-6-24(7-4-11)10-25-8-5-15(23-25)17(19,20)21/h1-2,5,8-9,11H,3-4,6-7,10H2. The van der Waals surface area contributed by atoms with Crippen LogP contribution in [0.1, 0.15) is 29.5 Å². The average Bonchev–Trinajstić information content (AvgIpc) is 3.21. The Kier molecular flexibility index (Phi) is 4.66. The molecule has 0 N–H and O–H groups in total. The molecule has 0 bridgehead atoms. The lowest BCUT2D eigenvalue weighted by Crippen LogP contribution is -2.34. The molecule has 138 valence electrons. The number of thiazole rings is 1. The SMILES string of the molecule is FC(F)(F)c1ccn(CN2CCC(c3nc4cc(Cl)ccc4s3)CC2)n1. The summed E-state index contributed by atoms with van der Waals surface area (Å²) in [5.41, 5.74) is 0.0803. The Hall–Kier alpha value is -1.64. The van der Waals surface area contributed by atoms with Gasteiger partial charge in [0.25, 0.3) is 0 Å². The number of likely N-dealkylation sites (tertiary alicyclic amines) is 1. The van der Waals surface area contributed by atoms with Crippen LogP contribution in [0.15, 0.2) is 30.5 Å². The summed E-state index contributed by atoms with van der Waals surface area (Å²) in [6, 6.07) is 6.75. The third-order valence-corrected chi connectivity index (χ3v) is 6.01. The van der Waals surface area contributed by atoms with E-state index in [0.29, 0.717) is 17.6 Å². The van der Waals surface area contributed by atoms with Gasteiger partial charge in [0, 0.05) is 30.2 Å². The number of benzene rings is 1. The molecule has 26 heavy (non-hydrogen) atoms. The highest BCUT2D eigenvalue weighted by atomic mass is 35.5. The summed E-state index contributed by atoms with van der Waals surface area (Å²) < 4.78 is 40.4. The van der Waals surface area contributed by atoms with Crippen LogP contribution in [0.4, 0.5) is 13.2 Å². The lowest BCUT2D eigenvalue weighted by atomic mass is 9.98. The predicted octanol–water partition coefficient (Wildman–Crippen LogP) is 5.00. The van der Waals surface area contributed by atoms with Gasteiger partial charge in [0.2, 0.25) is 0 Å². The zero-order valence-electron chi connectivity index (χ0n) is 13.7. The fourth-order valence-corrected chi connectivity index (χ4v) is 4.49. The maximum atomic E-state index is 12.6. The Morgan fingerprint density at radius 1 is 1.19 bits per heavy atom. The topological polar surface area (TPSA) is 34.0 Å². The summed E-state index contributed by atoms with van der Waals surface area (Å²) in [5.74, 6) is 0.380. The van der Waals surface area contributed by atoms with Crippen LogP contribution in [0, 0.1) is 0 Å². The second-order valence-electron chi connectivity index (χ2n) is 6.44. The third-order valence-electron chi connectivity index (χ3n) is 4.58. The molecule has 1 aliphatic rings. The zero-order chi connectivity index (χ0) is 18.3. The zero-order valence-corrected chi connectivity index (χ0v) is 15.3. The number of aromatic nitrogens is 3. The number of alkyl halides is 3. The molecule has 4 nitrogen and oxygen atoms in total. The van der Waals surface area contributed by atoms with Gasteiger partial charge in [-0.05, 0) is 37.1 Å². The summed E-state index contributed by atoms with van der Waals surface area (Å²) in [7, 11) is 0. The number of fused-ring (bicyclic) bond motifs is 1. The summed E-state index contributed by atoms with van der Waals surface area (Å²) in [5, 5.41) is 5.41. The molecule has 1 saturated heterocycles. The van der Waals surface area contributed by atoms with Crippen LogP contribution >= 0.6 is 22.9 Å². The molecule has 3 heterocycles. The Morgan fingerprint density at radius 2 is 1.96 bits per heavy atom. The van der Waals surface area contributed by atoms with Gasteiger partial charge in [-0.3, -0.25) is 9.58 Å². The molecule has 0 amide bonds. The minimum absolute atomic E-state index is 0.373. The minimum Gasteiger partial charge on any atom is -0.284 e. The molecule has 2 aromatic heterocycles. The molecule has 0 spiro atoms. The number of hydrogen-bond donors (Lipinski definition) is 0. The van der Waals surface area contributed by atoms with Crippen LogP contribution in [-0.4, -0.2) is 32.8 Å². The summed E-state index contributed by atoms with van der Waals surface area (Å²) in [6.07, 6.45) is -1.15. The van der Waals surface area contributed by atoms with Gasteiger partial charge in [-0.25, -0.2) is 4.98 Å². The van der Waals surface area contributed by atoms with E-state index in [4.69, 9.17) is 16.6 Å². The highest BCUT2D eigenvalue weighted by molar-refractivity contribution is 7.18. The van der Waals surface area contributed by atoms with Crippen molar-refractivity contribution in [1.82, 2.24) is 19.7 Å². The fraction of sp³-hybridized carbons (Fsp3) is 0.412. The van der Waals surface area contributed by atoms with E-state index in [-0.39, 0.29) is 0 Å². The summed E-state index contributed by atoms with van der Waals surface area (Å²) in [4.78, 5) is 6.83. The van der Waals surface area contributed by atoms with Crippen molar-refractivity contribution in [2.45, 2.75) is 31.6 Å². The molecule has 3 aromatic rings. The van der Waals surface area contributed by atoms with Gasteiger partial charge in [0.15, 0.2) is 5.69 Å². The molecule has 0 saturated carbocycles. The third kappa shape index (κ3) is 3.72. The van der Waals surface area contributed by atoms with Crippen molar-refractivity contribution in [3.63, 3.8) is 0 Å². The van der Waals surface area contributed by atoms with Crippen molar-refractivity contribution in [1.29, 1.82) is 0 Å². The molecule has 4 rings (SSSR count). The van der Waals surface area contributed by atoms with Crippen LogP contribution in [0.2, 0.25) is 5.02 Å². The van der Waals surface area contributed by atoms with Gasteiger partial charge in [0.05, 0.1) is 21.9 Å². The van der Waals surface area contributed by atoms with Gasteiger partial charge in [-0.2, -0.15) is 18.3 Å². The molecule has 9 heteroatoms. The molecular weight excluding hydrogens is 385 g/mol. The van der Waals surface area contributed by atoms with E-state index >= 15 is 0 Å². The highest BCUT2D eigenvalue weighted by Crippen LogP contribution is 2.35. The maximum Gasteiger partial charge on any atom is 0.435 e. The van der Waals surface area contributed by atoms with Crippen molar-refractivity contribution in [2.24, 2.45) is 0 Å². The van der Waals surface area contributed by atoms with Crippen LogP contribution in [-0.2, 0) is 12.8 Å². The van der Waals surface area contributed by atoms with E-state index in [9.17, 15) is 13.2 Å². The first-order valence-corrected chi connectivity index (χ1v) is 9.47. The molecular formula is C17H16ClF3N4S. The van der Waals surface area contributed by atoms with Crippen LogP contribution in [0.25, 0.3) is 10.2 Å². The lowest BCUT2D eigenvalue weighted by Gasteiger charge is -2.30. The van der Waals surface area contributed by atoms with Crippen LogP contribution in [0.5, 0.6) is 0 Å². The molecule has 0 radical (unpaired) electrons. The van der Waals surface area contributed by atoms with E-state index in [1.165, 1.54) is 10.9 Å². The van der Waals surface area contributed by atoms with Crippen molar-refractivity contribution < 1.29 is 13.2 Å². The summed E-state index contributed by atoms with van der Waals surface area (Å²) >= 11 is 7.71. The second-order valence-corrected chi connectivity index (χ2v) is 7.93. The Morgan fingerprint density at radius 3 is 2.65 bits per heavy atom. The van der Waals surface area contributed by atoms with Gasteiger partial charge in [-0.1, -0.05) is 11.6 Å². The molecule has 1 fully saturated rings. The van der Waals surface area contributed by atoms with Crippen LogP contribution < -0.4 is 0 Å². The molecule has 1 aliphatic heterocycles. The number of halogens is 4. The quantitative estimate of drug-likeness (QED) is 0.620. The Labute approximate surface area is 157 Å². The van der Waals surface area contributed by atoms with Crippen molar-refractivity contribution >= 4 is 33.2 Å². The van der Waals surface area contributed by atoms with Crippen molar-refractivity contribution in [3.05, 3.63) is 46.2 Å². The maximum absolute atomic E-state index is 12.6. The normalized spacial score (nSPS) is 17.2. The lowest BCUT2D eigenvalue weighted by molar-refractivity contribution is -0.141. The van der Waals surface area contributed by atoms with E-state index in [1.807, 2.05) is 18.2 Å². The second kappa shape index (κ2) is 6.83. The molecule has 0 atom stereocenters. The number of nitrogens with zero attached hydrogens (tertiary/aromatic N) is 4. The first kappa shape index (κ1) is 17.8. The average molecular weight is 401 g/mol. The monoisotopic (exact) mass is 400 g/mol. The van der Waals surface area contributed by atoms with Gasteiger partial charge in [0.1, 0.15) is 0 Å². The first-order valence-electron chi connectivity index (χ1n) is 8.27. The van der Waals surface area contributed by atoms with E-state index < -0.39 is 11.9 Å². The van der Waals surface area contributed by atoms with Gasteiger partial charge >= 0.3 is 6.18 Å². The Balaban J connectivity index is 1.38. The number of piperidine rings is 1. The van der Waals surface area contributed by atoms with Crippen molar-refractivity contribution in [2.75, 3.05) is 13.1 Å². The Bertz CT molecular complexity index is 912. The van der Waals surface area contributed by atoms with Crippen LogP contribution in [0.3, 0.4) is 0 Å². The number of rotatable bonds is 3.